The fourth-order valence-corrected chi connectivity index (χ4v) is 1.99. The standard InChI is InChI=1S/C16H22O/c1-2-3-4-5-6-10-15-11-7-8-12-16(15)13-9-14-17/h7-9,11-14H,2-6,10H2,1H3/b13-9+. The lowest BCUT2D eigenvalue weighted by molar-refractivity contribution is -0.104. The smallest absolute Gasteiger partial charge is 0.142 e. The van der Waals surface area contributed by atoms with Crippen LogP contribution in [0.5, 0.6) is 0 Å². The SMILES string of the molecule is CCCCCCCc1ccccc1/C=C/C=O. The molecule has 0 unspecified atom stereocenters. The number of unbranched alkanes of at least 4 members (excludes halogenated alkanes) is 4. The van der Waals surface area contributed by atoms with Gasteiger partial charge in [-0.3, -0.25) is 4.79 Å². The molecule has 0 amide bonds. The Hall–Kier alpha value is -1.37. The Balaban J connectivity index is 2.46. The lowest BCUT2D eigenvalue weighted by atomic mass is 10.0. The van der Waals surface area contributed by atoms with Gasteiger partial charge in [0.25, 0.3) is 0 Å². The van der Waals surface area contributed by atoms with Gasteiger partial charge >= 0.3 is 0 Å². The van der Waals surface area contributed by atoms with Crippen molar-refractivity contribution >= 4 is 12.4 Å². The number of benzene rings is 1. The minimum absolute atomic E-state index is 0.831. The maximum Gasteiger partial charge on any atom is 0.142 e. The van der Waals surface area contributed by atoms with Crippen LogP contribution in [0.1, 0.15) is 50.2 Å². The molecule has 1 aromatic rings. The van der Waals surface area contributed by atoms with E-state index in [2.05, 4.69) is 25.1 Å². The van der Waals surface area contributed by atoms with Gasteiger partial charge in [-0.2, -0.15) is 0 Å². The average molecular weight is 230 g/mol. The van der Waals surface area contributed by atoms with E-state index in [1.54, 1.807) is 6.08 Å². The summed E-state index contributed by atoms with van der Waals surface area (Å²) in [5.41, 5.74) is 2.53. The Kier molecular flexibility index (Phi) is 7.04. The molecule has 0 saturated heterocycles. The van der Waals surface area contributed by atoms with Gasteiger partial charge in [-0.1, -0.05) is 62.9 Å². The number of hydrogen-bond donors (Lipinski definition) is 0. The van der Waals surface area contributed by atoms with Crippen molar-refractivity contribution in [3.05, 3.63) is 41.5 Å². The molecular formula is C16H22O. The van der Waals surface area contributed by atoms with Gasteiger partial charge in [0.05, 0.1) is 0 Å². The normalized spacial score (nSPS) is 10.9. The van der Waals surface area contributed by atoms with E-state index in [0.717, 1.165) is 12.7 Å². The van der Waals surface area contributed by atoms with Crippen molar-refractivity contribution < 1.29 is 4.79 Å². The van der Waals surface area contributed by atoms with Gasteiger partial charge in [-0.25, -0.2) is 0 Å². The Morgan fingerprint density at radius 1 is 1.06 bits per heavy atom. The number of carbonyl (C=O) groups excluding carboxylic acids is 1. The van der Waals surface area contributed by atoms with Crippen molar-refractivity contribution in [1.82, 2.24) is 0 Å². The highest BCUT2D eigenvalue weighted by Gasteiger charge is 1.98. The van der Waals surface area contributed by atoms with Gasteiger partial charge in [-0.05, 0) is 30.0 Å². The van der Waals surface area contributed by atoms with E-state index < -0.39 is 0 Å². The van der Waals surface area contributed by atoms with Crippen molar-refractivity contribution in [2.75, 3.05) is 0 Å². The first-order valence-corrected chi connectivity index (χ1v) is 6.58. The van der Waals surface area contributed by atoms with Crippen molar-refractivity contribution in [3.8, 4) is 0 Å². The van der Waals surface area contributed by atoms with Crippen LogP contribution in [0.2, 0.25) is 0 Å². The minimum Gasteiger partial charge on any atom is -0.299 e. The first kappa shape index (κ1) is 13.7. The summed E-state index contributed by atoms with van der Waals surface area (Å²) in [5.74, 6) is 0. The molecule has 1 heteroatoms. The maximum atomic E-state index is 10.3. The molecule has 0 N–H and O–H groups in total. The van der Waals surface area contributed by atoms with E-state index in [1.165, 1.54) is 43.2 Å². The third-order valence-corrected chi connectivity index (χ3v) is 2.96. The molecule has 92 valence electrons. The van der Waals surface area contributed by atoms with Crippen LogP contribution in [-0.4, -0.2) is 6.29 Å². The van der Waals surface area contributed by atoms with E-state index in [9.17, 15) is 4.79 Å². The van der Waals surface area contributed by atoms with Gasteiger partial charge in [0.15, 0.2) is 0 Å². The third-order valence-electron chi connectivity index (χ3n) is 2.96. The van der Waals surface area contributed by atoms with Crippen LogP contribution >= 0.6 is 0 Å². The lowest BCUT2D eigenvalue weighted by Gasteiger charge is -2.05. The highest BCUT2D eigenvalue weighted by molar-refractivity contribution is 5.74. The molecule has 0 atom stereocenters. The van der Waals surface area contributed by atoms with E-state index in [-0.39, 0.29) is 0 Å². The van der Waals surface area contributed by atoms with E-state index in [4.69, 9.17) is 0 Å². The first-order chi connectivity index (χ1) is 8.38. The number of aldehydes is 1. The average Bonchev–Trinajstić information content (AvgIpc) is 2.37. The molecule has 17 heavy (non-hydrogen) atoms. The summed E-state index contributed by atoms with van der Waals surface area (Å²) in [5, 5.41) is 0. The fraction of sp³-hybridized carbons (Fsp3) is 0.438. The Bertz CT molecular complexity index is 352. The summed E-state index contributed by atoms with van der Waals surface area (Å²) in [6.45, 7) is 2.24. The van der Waals surface area contributed by atoms with Crippen LogP contribution in [0.4, 0.5) is 0 Å². The molecule has 0 spiro atoms. The van der Waals surface area contributed by atoms with Gasteiger partial charge in [0.2, 0.25) is 0 Å². The van der Waals surface area contributed by atoms with Gasteiger partial charge in [0, 0.05) is 0 Å². The number of rotatable bonds is 8. The summed E-state index contributed by atoms with van der Waals surface area (Å²) < 4.78 is 0. The van der Waals surface area contributed by atoms with Crippen LogP contribution in [0, 0.1) is 0 Å². The highest BCUT2D eigenvalue weighted by Crippen LogP contribution is 2.14. The van der Waals surface area contributed by atoms with Crippen molar-refractivity contribution in [3.63, 3.8) is 0 Å². The number of carbonyl (C=O) groups is 1. The molecule has 0 fully saturated rings. The van der Waals surface area contributed by atoms with Crippen LogP contribution in [0.15, 0.2) is 30.3 Å². The van der Waals surface area contributed by atoms with Crippen molar-refractivity contribution in [2.45, 2.75) is 45.4 Å². The quantitative estimate of drug-likeness (QED) is 0.367. The largest absolute Gasteiger partial charge is 0.299 e. The number of aryl methyl sites for hydroxylation is 1. The zero-order chi connectivity index (χ0) is 12.3. The summed E-state index contributed by atoms with van der Waals surface area (Å²) in [6.07, 6.45) is 11.9. The lowest BCUT2D eigenvalue weighted by Crippen LogP contribution is -1.90. The fourth-order valence-electron chi connectivity index (χ4n) is 1.99. The van der Waals surface area contributed by atoms with E-state index in [1.807, 2.05) is 12.1 Å². The van der Waals surface area contributed by atoms with E-state index >= 15 is 0 Å². The second-order valence-electron chi connectivity index (χ2n) is 4.36. The highest BCUT2D eigenvalue weighted by atomic mass is 16.1. The molecular weight excluding hydrogens is 208 g/mol. The Labute approximate surface area is 105 Å². The molecule has 1 nitrogen and oxygen atoms in total. The molecule has 0 aliphatic rings. The molecule has 0 radical (unpaired) electrons. The van der Waals surface area contributed by atoms with Crippen LogP contribution in [0.3, 0.4) is 0 Å². The van der Waals surface area contributed by atoms with Crippen LogP contribution in [0.25, 0.3) is 6.08 Å². The molecule has 0 aliphatic carbocycles. The molecule has 0 saturated carbocycles. The van der Waals surface area contributed by atoms with Gasteiger partial charge in [0.1, 0.15) is 6.29 Å². The monoisotopic (exact) mass is 230 g/mol. The molecule has 0 heterocycles. The molecule has 0 aliphatic heterocycles. The second-order valence-corrected chi connectivity index (χ2v) is 4.36. The zero-order valence-electron chi connectivity index (χ0n) is 10.7. The van der Waals surface area contributed by atoms with Gasteiger partial charge in [-0.15, -0.1) is 0 Å². The zero-order valence-corrected chi connectivity index (χ0v) is 10.7. The van der Waals surface area contributed by atoms with Crippen molar-refractivity contribution in [1.29, 1.82) is 0 Å². The van der Waals surface area contributed by atoms with Crippen molar-refractivity contribution in [2.24, 2.45) is 0 Å². The molecule has 1 rings (SSSR count). The summed E-state index contributed by atoms with van der Waals surface area (Å²) in [6, 6.07) is 8.32. The molecule has 0 aromatic heterocycles. The first-order valence-electron chi connectivity index (χ1n) is 6.58. The predicted octanol–water partition coefficient (Wildman–Crippen LogP) is 4.41. The predicted molar refractivity (Wildman–Crippen MR) is 74.0 cm³/mol. The number of allylic oxidation sites excluding steroid dienone is 1. The van der Waals surface area contributed by atoms with Crippen LogP contribution < -0.4 is 0 Å². The van der Waals surface area contributed by atoms with E-state index in [0.29, 0.717) is 0 Å². The Morgan fingerprint density at radius 2 is 1.82 bits per heavy atom. The Morgan fingerprint density at radius 3 is 2.59 bits per heavy atom. The molecule has 0 bridgehead atoms. The topological polar surface area (TPSA) is 17.1 Å². The van der Waals surface area contributed by atoms with Crippen LogP contribution in [-0.2, 0) is 11.2 Å². The second kappa shape index (κ2) is 8.74. The summed E-state index contributed by atoms with van der Waals surface area (Å²) in [4.78, 5) is 10.3. The summed E-state index contributed by atoms with van der Waals surface area (Å²) >= 11 is 0. The number of hydrogen-bond acceptors (Lipinski definition) is 1. The summed E-state index contributed by atoms with van der Waals surface area (Å²) in [7, 11) is 0. The minimum atomic E-state index is 0.831. The third kappa shape index (κ3) is 5.48. The maximum absolute atomic E-state index is 10.3. The molecule has 1 aromatic carbocycles. The van der Waals surface area contributed by atoms with Gasteiger partial charge < -0.3 is 0 Å².